The first-order valence-electron chi connectivity index (χ1n) is 10.4. The fraction of sp³-hybridized carbons (Fsp3) is 0.154. The van der Waals surface area contributed by atoms with Gasteiger partial charge in [-0.3, -0.25) is 4.57 Å². The van der Waals surface area contributed by atoms with E-state index in [4.69, 9.17) is 9.72 Å². The van der Waals surface area contributed by atoms with Gasteiger partial charge in [0.05, 0.1) is 35.0 Å². The first-order valence-corrected chi connectivity index (χ1v) is 10.4. The number of carbonyl (C=O) groups excluding carboxylic acids is 1. The zero-order chi connectivity index (χ0) is 21.4. The first kappa shape index (κ1) is 19.1. The Morgan fingerprint density at radius 1 is 1.00 bits per heavy atom. The Morgan fingerprint density at radius 2 is 1.71 bits per heavy atom. The Morgan fingerprint density at radius 3 is 2.48 bits per heavy atom. The largest absolute Gasteiger partial charge is 0.463 e. The molecule has 1 aliphatic heterocycles. The number of carbonyl (C=O) groups is 1. The molecule has 0 fully saturated rings. The molecule has 5 heteroatoms. The van der Waals surface area contributed by atoms with Crippen molar-refractivity contribution in [2.75, 3.05) is 11.9 Å². The molecule has 4 aromatic rings. The number of para-hydroxylation sites is 2. The summed E-state index contributed by atoms with van der Waals surface area (Å²) >= 11 is 0. The molecule has 0 aliphatic carbocycles. The Bertz CT molecular complexity index is 1300. The number of imidazole rings is 1. The maximum atomic E-state index is 13.4. The summed E-state index contributed by atoms with van der Waals surface area (Å²) in [5.41, 5.74) is 6.22. The molecule has 1 aliphatic rings. The van der Waals surface area contributed by atoms with Crippen molar-refractivity contribution in [2.45, 2.75) is 19.9 Å². The number of fused-ring (bicyclic) bond motifs is 3. The molecule has 1 atom stereocenters. The van der Waals surface area contributed by atoms with Gasteiger partial charge in [-0.05, 0) is 42.7 Å². The summed E-state index contributed by atoms with van der Waals surface area (Å²) in [5.74, 6) is 0.381. The lowest BCUT2D eigenvalue weighted by atomic mass is 9.90. The van der Waals surface area contributed by atoms with Gasteiger partial charge in [-0.25, -0.2) is 9.78 Å². The predicted octanol–water partition coefficient (Wildman–Crippen LogP) is 5.33. The fourth-order valence-electron chi connectivity index (χ4n) is 4.28. The Balaban J connectivity index is 1.86. The first-order chi connectivity index (χ1) is 15.2. The molecular formula is C26H23N3O2. The van der Waals surface area contributed by atoms with Gasteiger partial charge in [0.15, 0.2) is 0 Å². The number of nitrogens with one attached hydrogen (secondary N) is 1. The lowest BCUT2D eigenvalue weighted by Gasteiger charge is -2.32. The van der Waals surface area contributed by atoms with Crippen molar-refractivity contribution in [3.63, 3.8) is 0 Å². The molecule has 0 saturated carbocycles. The summed E-state index contributed by atoms with van der Waals surface area (Å²) in [7, 11) is 0. The van der Waals surface area contributed by atoms with E-state index in [1.165, 1.54) is 0 Å². The molecule has 5 nitrogen and oxygen atoms in total. The minimum Gasteiger partial charge on any atom is -0.463 e. The van der Waals surface area contributed by atoms with E-state index in [-0.39, 0.29) is 12.0 Å². The molecule has 154 valence electrons. The van der Waals surface area contributed by atoms with Crippen LogP contribution in [-0.4, -0.2) is 22.1 Å². The number of nitrogens with zero attached hydrogens (tertiary/aromatic N) is 2. The van der Waals surface area contributed by atoms with Gasteiger partial charge < -0.3 is 10.1 Å². The monoisotopic (exact) mass is 409 g/mol. The molecule has 0 bridgehead atoms. The Kier molecular flexibility index (Phi) is 4.79. The van der Waals surface area contributed by atoms with Crippen LogP contribution in [0.25, 0.3) is 16.7 Å². The third kappa shape index (κ3) is 3.19. The number of hydrogen-bond donors (Lipinski definition) is 1. The molecule has 5 rings (SSSR count). The van der Waals surface area contributed by atoms with E-state index in [9.17, 15) is 4.79 Å². The number of hydrogen-bond acceptors (Lipinski definition) is 4. The Labute approximate surface area is 181 Å². The van der Waals surface area contributed by atoms with Gasteiger partial charge in [0, 0.05) is 0 Å². The number of benzene rings is 3. The third-order valence-corrected chi connectivity index (χ3v) is 5.67. The molecular weight excluding hydrogens is 386 g/mol. The summed E-state index contributed by atoms with van der Waals surface area (Å²) < 4.78 is 7.67. The van der Waals surface area contributed by atoms with Crippen LogP contribution in [0.2, 0.25) is 0 Å². The molecule has 1 unspecified atom stereocenters. The van der Waals surface area contributed by atoms with Gasteiger partial charge >= 0.3 is 5.97 Å². The van der Waals surface area contributed by atoms with Crippen LogP contribution < -0.4 is 5.32 Å². The SMILES string of the molecule is CCOC(=O)C1=C(c2ccccc2)Nc2nc3ccccc3n2C1c1ccccc1C. The van der Waals surface area contributed by atoms with Crippen molar-refractivity contribution in [1.29, 1.82) is 0 Å². The van der Waals surface area contributed by atoms with Gasteiger partial charge in [0.1, 0.15) is 0 Å². The van der Waals surface area contributed by atoms with E-state index in [2.05, 4.69) is 28.9 Å². The quantitative estimate of drug-likeness (QED) is 0.463. The highest BCUT2D eigenvalue weighted by Crippen LogP contribution is 2.43. The highest BCUT2D eigenvalue weighted by molar-refractivity contribution is 6.03. The number of anilines is 1. The molecule has 0 amide bonds. The minimum atomic E-state index is -0.362. The maximum absolute atomic E-state index is 13.4. The molecule has 0 saturated heterocycles. The highest BCUT2D eigenvalue weighted by Gasteiger charge is 2.37. The topological polar surface area (TPSA) is 56.1 Å². The zero-order valence-corrected chi connectivity index (χ0v) is 17.5. The van der Waals surface area contributed by atoms with Crippen molar-refractivity contribution in [3.05, 3.63) is 101 Å². The predicted molar refractivity (Wildman–Crippen MR) is 123 cm³/mol. The van der Waals surface area contributed by atoms with Crippen molar-refractivity contribution in [1.82, 2.24) is 9.55 Å². The van der Waals surface area contributed by atoms with Crippen molar-refractivity contribution in [3.8, 4) is 0 Å². The number of esters is 1. The molecule has 0 spiro atoms. The second-order valence-corrected chi connectivity index (χ2v) is 7.55. The van der Waals surface area contributed by atoms with Gasteiger partial charge in [0.2, 0.25) is 5.95 Å². The highest BCUT2D eigenvalue weighted by atomic mass is 16.5. The maximum Gasteiger partial charge on any atom is 0.338 e. The normalized spacial score (nSPS) is 15.5. The van der Waals surface area contributed by atoms with Gasteiger partial charge in [-0.2, -0.15) is 0 Å². The van der Waals surface area contributed by atoms with Crippen LogP contribution in [0.3, 0.4) is 0 Å². The third-order valence-electron chi connectivity index (χ3n) is 5.67. The summed E-state index contributed by atoms with van der Waals surface area (Å²) in [4.78, 5) is 18.2. The van der Waals surface area contributed by atoms with Crippen LogP contribution in [0.4, 0.5) is 5.95 Å². The zero-order valence-electron chi connectivity index (χ0n) is 17.5. The number of aryl methyl sites for hydroxylation is 1. The fourth-order valence-corrected chi connectivity index (χ4v) is 4.28. The molecule has 1 aromatic heterocycles. The van der Waals surface area contributed by atoms with Crippen LogP contribution in [0.15, 0.2) is 84.4 Å². The number of aromatic nitrogens is 2. The van der Waals surface area contributed by atoms with Crippen LogP contribution in [0, 0.1) is 6.92 Å². The van der Waals surface area contributed by atoms with Crippen LogP contribution in [0.5, 0.6) is 0 Å². The lowest BCUT2D eigenvalue weighted by Crippen LogP contribution is -2.29. The van der Waals surface area contributed by atoms with Gasteiger partial charge in [-0.15, -0.1) is 0 Å². The van der Waals surface area contributed by atoms with E-state index in [1.807, 2.05) is 73.7 Å². The average molecular weight is 409 g/mol. The van der Waals surface area contributed by atoms with E-state index >= 15 is 0 Å². The summed E-state index contributed by atoms with van der Waals surface area (Å²) in [6, 6.07) is 25.7. The van der Waals surface area contributed by atoms with E-state index < -0.39 is 0 Å². The van der Waals surface area contributed by atoms with Crippen molar-refractivity contribution < 1.29 is 9.53 Å². The second kappa shape index (κ2) is 7.76. The summed E-state index contributed by atoms with van der Waals surface area (Å²) in [6.07, 6.45) is 0. The molecule has 31 heavy (non-hydrogen) atoms. The van der Waals surface area contributed by atoms with Crippen LogP contribution in [-0.2, 0) is 9.53 Å². The van der Waals surface area contributed by atoms with E-state index in [0.29, 0.717) is 18.1 Å². The summed E-state index contributed by atoms with van der Waals surface area (Å²) in [5, 5.41) is 3.44. The van der Waals surface area contributed by atoms with Gasteiger partial charge in [0.25, 0.3) is 0 Å². The number of rotatable bonds is 4. The molecule has 1 N–H and O–H groups in total. The van der Waals surface area contributed by atoms with E-state index in [1.54, 1.807) is 0 Å². The minimum absolute atomic E-state index is 0.308. The van der Waals surface area contributed by atoms with Gasteiger partial charge in [-0.1, -0.05) is 66.7 Å². The van der Waals surface area contributed by atoms with E-state index in [0.717, 1.165) is 33.4 Å². The molecule has 2 heterocycles. The number of ether oxygens (including phenoxy) is 1. The molecule has 3 aromatic carbocycles. The van der Waals surface area contributed by atoms with Crippen molar-refractivity contribution in [2.24, 2.45) is 0 Å². The lowest BCUT2D eigenvalue weighted by molar-refractivity contribution is -0.138. The standard InChI is InChI=1S/C26H23N3O2/c1-3-31-25(30)22-23(18-12-5-4-6-13-18)28-26-27-20-15-9-10-16-21(20)29(26)24(22)19-14-8-7-11-17(19)2/h4-16,24H,3H2,1-2H3,(H,27,28). The van der Waals surface area contributed by atoms with Crippen LogP contribution >= 0.6 is 0 Å². The average Bonchev–Trinajstić information content (AvgIpc) is 3.17. The molecule has 0 radical (unpaired) electrons. The van der Waals surface area contributed by atoms with Crippen molar-refractivity contribution >= 4 is 28.6 Å². The second-order valence-electron chi connectivity index (χ2n) is 7.55. The van der Waals surface area contributed by atoms with Crippen LogP contribution in [0.1, 0.15) is 29.7 Å². The summed E-state index contributed by atoms with van der Waals surface area (Å²) in [6.45, 7) is 4.21. The smallest absolute Gasteiger partial charge is 0.338 e. The Hall–Kier alpha value is -3.86.